The number of ether oxygens (including phenoxy) is 1. The normalized spacial score (nSPS) is 11.3. The topological polar surface area (TPSA) is 26.3 Å². The molecule has 0 saturated heterocycles. The molecule has 0 radical (unpaired) electrons. The molecule has 0 heterocycles. The van der Waals surface area contributed by atoms with Gasteiger partial charge in [-0.05, 0) is 18.0 Å². The molecule has 1 rings (SSSR count). The van der Waals surface area contributed by atoms with Gasteiger partial charge in [0.2, 0.25) is 0 Å². The minimum absolute atomic E-state index is 0.118. The molecular weight excluding hydrogens is 264 g/mol. The molecule has 0 amide bonds. The van der Waals surface area contributed by atoms with Crippen LogP contribution in [-0.4, -0.2) is 13.4 Å². The van der Waals surface area contributed by atoms with E-state index in [4.69, 9.17) is 15.8 Å². The van der Waals surface area contributed by atoms with Gasteiger partial charge in [0.1, 0.15) is 14.0 Å². The van der Waals surface area contributed by atoms with E-state index >= 15 is 0 Å². The van der Waals surface area contributed by atoms with Crippen molar-refractivity contribution in [2.45, 2.75) is 45.0 Å². The maximum absolute atomic E-state index is 11.5. The average molecular weight is 285 g/mol. The van der Waals surface area contributed by atoms with Crippen LogP contribution in [0.1, 0.15) is 24.8 Å². The van der Waals surface area contributed by atoms with Gasteiger partial charge >= 0.3 is 5.97 Å². The van der Waals surface area contributed by atoms with Crippen molar-refractivity contribution in [1.29, 1.82) is 0 Å². The Labute approximate surface area is 115 Å². The maximum atomic E-state index is 11.5. The van der Waals surface area contributed by atoms with Gasteiger partial charge in [-0.1, -0.05) is 49.8 Å². The highest BCUT2D eigenvalue weighted by molar-refractivity contribution is 7.19. The van der Waals surface area contributed by atoms with E-state index in [0.29, 0.717) is 13.0 Å². The number of rotatable bonds is 7. The lowest BCUT2D eigenvalue weighted by Crippen LogP contribution is -2.15. The van der Waals surface area contributed by atoms with Crippen molar-refractivity contribution in [3.05, 3.63) is 35.9 Å². The van der Waals surface area contributed by atoms with Gasteiger partial charge in [-0.25, -0.2) is 0 Å². The van der Waals surface area contributed by atoms with Crippen molar-refractivity contribution in [2.75, 3.05) is 0 Å². The molecule has 0 bridgehead atoms. The Morgan fingerprint density at radius 1 is 1.22 bits per heavy atom. The van der Waals surface area contributed by atoms with E-state index in [0.717, 1.165) is 24.4 Å². The third kappa shape index (κ3) is 7.51. The van der Waals surface area contributed by atoms with Crippen molar-refractivity contribution < 1.29 is 9.53 Å². The smallest absolute Gasteiger partial charge is 0.306 e. The number of benzene rings is 1. The highest BCUT2D eigenvalue weighted by Gasteiger charge is 2.16. The van der Waals surface area contributed by atoms with Crippen molar-refractivity contribution >= 4 is 24.4 Å². The Bertz CT molecular complexity index is 360. The fourth-order valence-electron chi connectivity index (χ4n) is 1.62. The van der Waals surface area contributed by atoms with E-state index in [-0.39, 0.29) is 5.97 Å². The van der Waals surface area contributed by atoms with Crippen LogP contribution in [0.5, 0.6) is 0 Å². The molecule has 0 aliphatic rings. The van der Waals surface area contributed by atoms with Crippen molar-refractivity contribution in [2.24, 2.45) is 0 Å². The van der Waals surface area contributed by atoms with Crippen molar-refractivity contribution in [3.8, 4) is 0 Å². The first-order chi connectivity index (χ1) is 8.47. The number of carbonyl (C=O) groups excluding carboxylic acids is 1. The van der Waals surface area contributed by atoms with Gasteiger partial charge < -0.3 is 4.74 Å². The van der Waals surface area contributed by atoms with E-state index in [1.54, 1.807) is 0 Å². The second-order valence-electron chi connectivity index (χ2n) is 5.07. The van der Waals surface area contributed by atoms with E-state index in [1.165, 1.54) is 0 Å². The lowest BCUT2D eigenvalue weighted by Gasteiger charge is -2.11. The first-order valence-corrected chi connectivity index (χ1v) is 10.6. The Kier molecular flexibility index (Phi) is 6.43. The summed E-state index contributed by atoms with van der Waals surface area (Å²) in [6.45, 7) is 4.62. The molecule has 4 heteroatoms. The second-order valence-corrected chi connectivity index (χ2v) is 12.1. The molecular formula is C14H21ClO2Si. The third-order valence-corrected chi connectivity index (χ3v) is 4.75. The number of hydrogen-bond donors (Lipinski definition) is 0. The average Bonchev–Trinajstić information content (AvgIpc) is 2.32. The summed E-state index contributed by atoms with van der Waals surface area (Å²) in [6.07, 6.45) is 2.38. The van der Waals surface area contributed by atoms with Crippen LogP contribution in [-0.2, 0) is 16.1 Å². The van der Waals surface area contributed by atoms with Gasteiger partial charge in [-0.15, -0.1) is 0 Å². The van der Waals surface area contributed by atoms with Gasteiger partial charge in [0, 0.05) is 6.42 Å². The van der Waals surface area contributed by atoms with Crippen LogP contribution < -0.4 is 0 Å². The first-order valence-electron chi connectivity index (χ1n) is 6.36. The second kappa shape index (κ2) is 7.59. The number of hydrogen-bond acceptors (Lipinski definition) is 2. The summed E-state index contributed by atoms with van der Waals surface area (Å²) >= 11 is 6.21. The molecule has 0 unspecified atom stereocenters. The Morgan fingerprint density at radius 3 is 2.50 bits per heavy atom. The number of carbonyl (C=O) groups is 1. The van der Waals surface area contributed by atoms with E-state index < -0.39 is 7.38 Å². The third-order valence-electron chi connectivity index (χ3n) is 2.64. The molecule has 0 aromatic heterocycles. The number of unbranched alkanes of at least 4 members (excludes halogenated alkanes) is 1. The van der Waals surface area contributed by atoms with Crippen LogP contribution >= 0.6 is 11.1 Å². The summed E-state index contributed by atoms with van der Waals surface area (Å²) in [5, 5.41) is 0. The SMILES string of the molecule is C[Si](C)(Cl)CCCCC(=O)OCc1ccccc1. The highest BCUT2D eigenvalue weighted by Crippen LogP contribution is 2.18. The summed E-state index contributed by atoms with van der Waals surface area (Å²) in [4.78, 5) is 11.5. The van der Waals surface area contributed by atoms with E-state index in [1.807, 2.05) is 30.3 Å². The summed E-state index contributed by atoms with van der Waals surface area (Å²) in [7, 11) is -1.48. The highest BCUT2D eigenvalue weighted by atomic mass is 35.6. The van der Waals surface area contributed by atoms with Crippen LogP contribution in [0.2, 0.25) is 19.1 Å². The fourth-order valence-corrected chi connectivity index (χ4v) is 3.12. The molecule has 1 aromatic carbocycles. The summed E-state index contributed by atoms with van der Waals surface area (Å²) in [5.74, 6) is -0.118. The predicted octanol–water partition coefficient (Wildman–Crippen LogP) is 4.34. The molecule has 0 aliphatic carbocycles. The van der Waals surface area contributed by atoms with E-state index in [2.05, 4.69) is 13.1 Å². The zero-order chi connectivity index (χ0) is 13.4. The van der Waals surface area contributed by atoms with Crippen LogP contribution in [0.3, 0.4) is 0 Å². The molecule has 0 saturated carbocycles. The molecule has 0 atom stereocenters. The Hall–Kier alpha value is -0.803. The lowest BCUT2D eigenvalue weighted by molar-refractivity contribution is -0.145. The quantitative estimate of drug-likeness (QED) is 0.322. The molecule has 2 nitrogen and oxygen atoms in total. The molecule has 18 heavy (non-hydrogen) atoms. The molecule has 0 fully saturated rings. The van der Waals surface area contributed by atoms with Gasteiger partial charge in [0.15, 0.2) is 0 Å². The van der Waals surface area contributed by atoms with Crippen molar-refractivity contribution in [3.63, 3.8) is 0 Å². The van der Waals surface area contributed by atoms with Crippen LogP contribution in [0.15, 0.2) is 30.3 Å². The largest absolute Gasteiger partial charge is 0.461 e. The van der Waals surface area contributed by atoms with Gasteiger partial charge in [-0.2, -0.15) is 11.1 Å². The summed E-state index contributed by atoms with van der Waals surface area (Å²) in [5.41, 5.74) is 1.03. The zero-order valence-corrected chi connectivity index (χ0v) is 12.9. The molecule has 0 N–H and O–H groups in total. The zero-order valence-electron chi connectivity index (χ0n) is 11.1. The predicted molar refractivity (Wildman–Crippen MR) is 78.2 cm³/mol. The summed E-state index contributed by atoms with van der Waals surface area (Å²) < 4.78 is 5.20. The monoisotopic (exact) mass is 284 g/mol. The van der Waals surface area contributed by atoms with Gasteiger partial charge in [0.25, 0.3) is 0 Å². The molecule has 0 spiro atoms. The van der Waals surface area contributed by atoms with Crippen LogP contribution in [0, 0.1) is 0 Å². The standard InChI is InChI=1S/C14H21ClO2Si/c1-18(2,15)11-7-6-10-14(16)17-12-13-8-4-3-5-9-13/h3-5,8-9H,6-7,10-12H2,1-2H3. The molecule has 0 aliphatic heterocycles. The van der Waals surface area contributed by atoms with Gasteiger partial charge in [0.05, 0.1) is 0 Å². The number of halogens is 1. The minimum atomic E-state index is -1.48. The fraction of sp³-hybridized carbons (Fsp3) is 0.500. The van der Waals surface area contributed by atoms with Crippen LogP contribution in [0.25, 0.3) is 0 Å². The van der Waals surface area contributed by atoms with Crippen molar-refractivity contribution in [1.82, 2.24) is 0 Å². The number of esters is 1. The van der Waals surface area contributed by atoms with E-state index in [9.17, 15) is 4.79 Å². The lowest BCUT2D eigenvalue weighted by atomic mass is 10.2. The Morgan fingerprint density at radius 2 is 1.89 bits per heavy atom. The minimum Gasteiger partial charge on any atom is -0.461 e. The summed E-state index contributed by atoms with van der Waals surface area (Å²) in [6, 6.07) is 10.8. The van der Waals surface area contributed by atoms with Crippen LogP contribution in [0.4, 0.5) is 0 Å². The molecule has 1 aromatic rings. The maximum Gasteiger partial charge on any atom is 0.306 e. The van der Waals surface area contributed by atoms with Gasteiger partial charge in [-0.3, -0.25) is 4.79 Å². The Balaban J connectivity index is 2.11. The molecule has 100 valence electrons. The first kappa shape index (κ1) is 15.3.